The van der Waals surface area contributed by atoms with Crippen molar-refractivity contribution in [3.63, 3.8) is 0 Å². The molecule has 1 N–H and O–H groups in total. The lowest BCUT2D eigenvalue weighted by molar-refractivity contribution is -0.119. The molecule has 0 fully saturated rings. The van der Waals surface area contributed by atoms with Crippen LogP contribution in [0.1, 0.15) is 21.6 Å². The molecule has 0 saturated heterocycles. The normalized spacial score (nSPS) is 10.5. The molecule has 1 aromatic heterocycles. The summed E-state index contributed by atoms with van der Waals surface area (Å²) in [7, 11) is 0. The quantitative estimate of drug-likeness (QED) is 0.427. The van der Waals surface area contributed by atoms with Crippen LogP contribution in [0.5, 0.6) is 0 Å². The summed E-state index contributed by atoms with van der Waals surface area (Å²) >= 11 is 5.97. The Hall–Kier alpha value is -4.48. The number of benzene rings is 3. The first-order chi connectivity index (χ1) is 16.5. The van der Waals surface area contributed by atoms with E-state index in [1.165, 1.54) is 22.9 Å². The number of anilines is 1. The third-order valence-corrected chi connectivity index (χ3v) is 5.26. The van der Waals surface area contributed by atoms with Crippen molar-refractivity contribution >= 4 is 39.9 Å². The number of aromatic nitrogens is 2. The average Bonchev–Trinajstić information content (AvgIpc) is 2.85. The highest BCUT2D eigenvalue weighted by molar-refractivity contribution is 6.32. The number of hydrogen-bond acceptors (Lipinski definition) is 6. The van der Waals surface area contributed by atoms with Crippen LogP contribution in [0.3, 0.4) is 0 Å². The molecule has 0 aliphatic rings. The molecule has 0 bridgehead atoms. The zero-order chi connectivity index (χ0) is 24.1. The minimum absolute atomic E-state index is 0.0691. The van der Waals surface area contributed by atoms with Crippen LogP contribution in [-0.2, 0) is 16.1 Å². The fraction of sp³-hybridized carbons (Fsp3) is 0.0800. The van der Waals surface area contributed by atoms with Gasteiger partial charge in [-0.3, -0.25) is 9.59 Å². The number of nitriles is 1. The van der Waals surface area contributed by atoms with Crippen LogP contribution >= 0.6 is 11.6 Å². The lowest BCUT2D eigenvalue weighted by Gasteiger charge is -2.11. The maximum atomic E-state index is 12.9. The topological polar surface area (TPSA) is 114 Å². The van der Waals surface area contributed by atoms with Gasteiger partial charge in [-0.15, -0.1) is 0 Å². The Morgan fingerprint density at radius 2 is 1.74 bits per heavy atom. The van der Waals surface area contributed by atoms with Gasteiger partial charge in [0, 0.05) is 11.1 Å². The van der Waals surface area contributed by atoms with Gasteiger partial charge in [0.15, 0.2) is 12.3 Å². The molecule has 3 aromatic carbocycles. The smallest absolute Gasteiger partial charge is 0.359 e. The number of carbonyl (C=O) groups is 2. The Bertz CT molecular complexity index is 1490. The third-order valence-electron chi connectivity index (χ3n) is 4.94. The zero-order valence-electron chi connectivity index (χ0n) is 17.7. The second-order valence-corrected chi connectivity index (χ2v) is 7.68. The predicted octanol–water partition coefficient (Wildman–Crippen LogP) is 3.77. The van der Waals surface area contributed by atoms with Gasteiger partial charge in [0.25, 0.3) is 11.5 Å². The van der Waals surface area contributed by atoms with Crippen molar-refractivity contribution in [1.82, 2.24) is 9.78 Å². The molecular weight excluding hydrogens is 456 g/mol. The van der Waals surface area contributed by atoms with E-state index in [1.807, 2.05) is 36.4 Å². The minimum atomic E-state index is -0.842. The second kappa shape index (κ2) is 9.98. The molecule has 1 amide bonds. The Balaban J connectivity index is 1.54. The number of amides is 1. The SMILES string of the molecule is N#Cc1ccc(NC(=O)COC(=O)c2nn(Cc3ccccc3)c(=O)c3ccccc23)cc1Cl. The summed E-state index contributed by atoms with van der Waals surface area (Å²) in [5.74, 6) is -1.44. The molecule has 0 aliphatic heterocycles. The number of esters is 1. The fourth-order valence-electron chi connectivity index (χ4n) is 3.33. The van der Waals surface area contributed by atoms with Crippen molar-refractivity contribution in [3.8, 4) is 6.07 Å². The second-order valence-electron chi connectivity index (χ2n) is 7.27. The number of ether oxygens (including phenoxy) is 1. The van der Waals surface area contributed by atoms with Gasteiger partial charge in [-0.05, 0) is 29.8 Å². The molecular formula is C25H17ClN4O4. The van der Waals surface area contributed by atoms with Crippen LogP contribution in [-0.4, -0.2) is 28.3 Å². The molecule has 9 heteroatoms. The fourth-order valence-corrected chi connectivity index (χ4v) is 3.55. The first kappa shape index (κ1) is 22.7. The van der Waals surface area contributed by atoms with E-state index >= 15 is 0 Å². The van der Waals surface area contributed by atoms with Crippen molar-refractivity contribution in [3.05, 3.63) is 105 Å². The average molecular weight is 473 g/mol. The van der Waals surface area contributed by atoms with E-state index in [1.54, 1.807) is 24.3 Å². The summed E-state index contributed by atoms with van der Waals surface area (Å²) in [4.78, 5) is 38.0. The molecule has 1 heterocycles. The van der Waals surface area contributed by atoms with Gasteiger partial charge in [-0.1, -0.05) is 60.1 Å². The summed E-state index contributed by atoms with van der Waals surface area (Å²) in [6, 6.07) is 22.2. The minimum Gasteiger partial charge on any atom is -0.451 e. The summed E-state index contributed by atoms with van der Waals surface area (Å²) in [6.45, 7) is -0.408. The number of nitrogens with zero attached hydrogens (tertiary/aromatic N) is 3. The number of hydrogen-bond donors (Lipinski definition) is 1. The first-order valence-corrected chi connectivity index (χ1v) is 10.5. The van der Waals surface area contributed by atoms with Crippen LogP contribution in [0.15, 0.2) is 77.6 Å². The van der Waals surface area contributed by atoms with Crippen LogP contribution < -0.4 is 10.9 Å². The van der Waals surface area contributed by atoms with E-state index in [0.717, 1.165) is 5.56 Å². The van der Waals surface area contributed by atoms with Gasteiger partial charge in [-0.2, -0.15) is 10.4 Å². The molecule has 168 valence electrons. The van der Waals surface area contributed by atoms with Crippen LogP contribution in [0.25, 0.3) is 10.8 Å². The Kier molecular flexibility index (Phi) is 6.67. The van der Waals surface area contributed by atoms with E-state index in [4.69, 9.17) is 21.6 Å². The van der Waals surface area contributed by atoms with Gasteiger partial charge >= 0.3 is 5.97 Å². The summed E-state index contributed by atoms with van der Waals surface area (Å²) in [6.07, 6.45) is 0. The van der Waals surface area contributed by atoms with Crippen molar-refractivity contribution in [2.24, 2.45) is 0 Å². The number of fused-ring (bicyclic) bond motifs is 1. The maximum Gasteiger partial charge on any atom is 0.359 e. The monoisotopic (exact) mass is 472 g/mol. The lowest BCUT2D eigenvalue weighted by Crippen LogP contribution is -2.28. The van der Waals surface area contributed by atoms with Crippen molar-refractivity contribution in [2.75, 3.05) is 11.9 Å². The molecule has 34 heavy (non-hydrogen) atoms. The third kappa shape index (κ3) is 4.95. The molecule has 0 unspecified atom stereocenters. The van der Waals surface area contributed by atoms with Gasteiger partial charge in [0.1, 0.15) is 6.07 Å². The maximum absolute atomic E-state index is 12.9. The first-order valence-electron chi connectivity index (χ1n) is 10.2. The Morgan fingerprint density at radius 1 is 1.03 bits per heavy atom. The molecule has 0 spiro atoms. The Labute approximate surface area is 199 Å². The number of halogens is 1. The van der Waals surface area contributed by atoms with E-state index in [-0.39, 0.29) is 28.4 Å². The van der Waals surface area contributed by atoms with Crippen molar-refractivity contribution in [1.29, 1.82) is 5.26 Å². The standard InChI is InChI=1S/C25H17ClN4O4/c26-21-12-18(11-10-17(21)13-27)28-22(31)15-34-25(33)23-19-8-4-5-9-20(19)24(32)30(29-23)14-16-6-2-1-3-7-16/h1-12H,14-15H2,(H,28,31). The molecule has 4 aromatic rings. The molecule has 0 atom stereocenters. The summed E-state index contributed by atoms with van der Waals surface area (Å²) in [5, 5.41) is 16.6. The number of nitrogens with one attached hydrogen (secondary N) is 1. The van der Waals surface area contributed by atoms with Crippen LogP contribution in [0.2, 0.25) is 5.02 Å². The molecule has 8 nitrogen and oxygen atoms in total. The highest BCUT2D eigenvalue weighted by Gasteiger charge is 2.19. The highest BCUT2D eigenvalue weighted by Crippen LogP contribution is 2.20. The largest absolute Gasteiger partial charge is 0.451 e. The molecule has 0 radical (unpaired) electrons. The summed E-state index contributed by atoms with van der Waals surface area (Å²) < 4.78 is 6.38. The summed E-state index contributed by atoms with van der Waals surface area (Å²) in [5.41, 5.74) is 1.05. The predicted molar refractivity (Wildman–Crippen MR) is 127 cm³/mol. The van der Waals surface area contributed by atoms with E-state index in [9.17, 15) is 14.4 Å². The number of carbonyl (C=O) groups excluding carboxylic acids is 2. The van der Waals surface area contributed by atoms with Crippen molar-refractivity contribution in [2.45, 2.75) is 6.54 Å². The molecule has 4 rings (SSSR count). The molecule has 0 saturated carbocycles. The van der Waals surface area contributed by atoms with Gasteiger partial charge in [-0.25, -0.2) is 9.48 Å². The number of rotatable bonds is 6. The van der Waals surface area contributed by atoms with Crippen LogP contribution in [0.4, 0.5) is 5.69 Å². The lowest BCUT2D eigenvalue weighted by atomic mass is 10.1. The van der Waals surface area contributed by atoms with E-state index in [2.05, 4.69) is 10.4 Å². The van der Waals surface area contributed by atoms with Gasteiger partial charge < -0.3 is 10.1 Å². The molecule has 0 aliphatic carbocycles. The van der Waals surface area contributed by atoms with Crippen LogP contribution in [0, 0.1) is 11.3 Å². The zero-order valence-corrected chi connectivity index (χ0v) is 18.5. The Morgan fingerprint density at radius 3 is 2.44 bits per heavy atom. The van der Waals surface area contributed by atoms with Gasteiger partial charge in [0.05, 0.1) is 22.5 Å². The van der Waals surface area contributed by atoms with Gasteiger partial charge in [0.2, 0.25) is 0 Å². The van der Waals surface area contributed by atoms with E-state index < -0.39 is 18.5 Å². The van der Waals surface area contributed by atoms with Crippen molar-refractivity contribution < 1.29 is 14.3 Å². The van der Waals surface area contributed by atoms with E-state index in [0.29, 0.717) is 16.5 Å². The highest BCUT2D eigenvalue weighted by atomic mass is 35.5.